The minimum atomic E-state index is -0.902. The first-order chi connectivity index (χ1) is 11.5. The first-order valence-corrected chi connectivity index (χ1v) is 9.41. The van der Waals surface area contributed by atoms with Gasteiger partial charge in [0.15, 0.2) is 0 Å². The smallest absolute Gasteiger partial charge is 0.412 e. The molecule has 2 rings (SSSR count). The summed E-state index contributed by atoms with van der Waals surface area (Å²) in [7, 11) is 0. The second-order valence-electron chi connectivity index (χ2n) is 8.86. The Morgan fingerprint density at radius 2 is 1.80 bits per heavy atom. The third-order valence-corrected chi connectivity index (χ3v) is 5.05. The average molecular weight is 355 g/mol. The van der Waals surface area contributed by atoms with Crippen molar-refractivity contribution in [1.29, 1.82) is 0 Å². The molecule has 1 heterocycles. The third kappa shape index (κ3) is 5.33. The van der Waals surface area contributed by atoms with E-state index in [1.54, 1.807) is 4.90 Å². The normalized spacial score (nSPS) is 27.3. The number of aliphatic carboxylic acids is 1. The van der Waals surface area contributed by atoms with Crippen molar-refractivity contribution in [2.45, 2.75) is 103 Å². The Labute approximate surface area is 150 Å². The molecule has 0 aromatic heterocycles. The van der Waals surface area contributed by atoms with Crippen LogP contribution in [0.4, 0.5) is 4.79 Å². The molecule has 2 fully saturated rings. The maximum Gasteiger partial charge on any atom is 0.412 e. The van der Waals surface area contributed by atoms with Gasteiger partial charge in [0.05, 0.1) is 18.6 Å². The topological polar surface area (TPSA) is 76.1 Å². The third-order valence-electron chi connectivity index (χ3n) is 5.05. The van der Waals surface area contributed by atoms with Gasteiger partial charge in [0, 0.05) is 0 Å². The van der Waals surface area contributed by atoms with Gasteiger partial charge in [-0.25, -0.2) is 4.79 Å². The number of rotatable bonds is 4. The van der Waals surface area contributed by atoms with Gasteiger partial charge in [-0.1, -0.05) is 32.1 Å². The van der Waals surface area contributed by atoms with E-state index in [2.05, 4.69) is 0 Å². The van der Waals surface area contributed by atoms with Gasteiger partial charge in [0.25, 0.3) is 0 Å². The van der Waals surface area contributed by atoms with E-state index in [0.717, 1.165) is 19.3 Å². The number of ether oxygens (including phenoxy) is 2. The highest BCUT2D eigenvalue weighted by Gasteiger charge is 2.52. The maximum absolute atomic E-state index is 12.8. The quantitative estimate of drug-likeness (QED) is 0.819. The van der Waals surface area contributed by atoms with E-state index in [-0.39, 0.29) is 12.5 Å². The van der Waals surface area contributed by atoms with E-state index in [1.165, 1.54) is 19.3 Å². The molecule has 0 aromatic rings. The fraction of sp³-hybridized carbons (Fsp3) is 0.895. The first-order valence-electron chi connectivity index (χ1n) is 9.41. The molecule has 6 nitrogen and oxygen atoms in total. The van der Waals surface area contributed by atoms with Crippen LogP contribution in [0.15, 0.2) is 0 Å². The summed E-state index contributed by atoms with van der Waals surface area (Å²) in [5.74, 6) is -0.391. The number of nitrogens with zero attached hydrogens (tertiary/aromatic N) is 1. The van der Waals surface area contributed by atoms with Gasteiger partial charge in [-0.3, -0.25) is 9.69 Å². The highest BCUT2D eigenvalue weighted by atomic mass is 16.6. The van der Waals surface area contributed by atoms with E-state index in [4.69, 9.17) is 9.47 Å². The minimum Gasteiger partial charge on any atom is -0.481 e. The fourth-order valence-electron chi connectivity index (χ4n) is 4.11. The molecule has 0 unspecified atom stereocenters. The summed E-state index contributed by atoms with van der Waals surface area (Å²) in [4.78, 5) is 25.8. The highest BCUT2D eigenvalue weighted by molar-refractivity contribution is 5.71. The second kappa shape index (κ2) is 7.52. The lowest BCUT2D eigenvalue weighted by Crippen LogP contribution is -2.51. The Balaban J connectivity index is 2.23. The van der Waals surface area contributed by atoms with Crippen LogP contribution in [-0.2, 0) is 14.3 Å². The molecule has 1 aliphatic heterocycles. The van der Waals surface area contributed by atoms with Gasteiger partial charge in [-0.05, 0) is 47.0 Å². The molecule has 1 aliphatic carbocycles. The molecule has 0 aromatic carbocycles. The van der Waals surface area contributed by atoms with E-state index in [0.29, 0.717) is 5.92 Å². The molecule has 6 heteroatoms. The summed E-state index contributed by atoms with van der Waals surface area (Å²) in [5.41, 5.74) is -1.48. The van der Waals surface area contributed by atoms with E-state index in [9.17, 15) is 14.7 Å². The summed E-state index contributed by atoms with van der Waals surface area (Å²) in [6, 6.07) is -0.260. The van der Waals surface area contributed by atoms with Crippen molar-refractivity contribution in [2.24, 2.45) is 5.92 Å². The Morgan fingerprint density at radius 3 is 2.32 bits per heavy atom. The Kier molecular flexibility index (Phi) is 6.02. The summed E-state index contributed by atoms with van der Waals surface area (Å²) < 4.78 is 11.6. The van der Waals surface area contributed by atoms with Gasteiger partial charge in [0.2, 0.25) is 0 Å². The van der Waals surface area contributed by atoms with Crippen molar-refractivity contribution in [3.63, 3.8) is 0 Å². The average Bonchev–Trinajstić information content (AvgIpc) is 2.67. The van der Waals surface area contributed by atoms with Crippen LogP contribution >= 0.6 is 0 Å². The number of hydrogen-bond donors (Lipinski definition) is 1. The molecule has 1 amide bonds. The number of carbonyl (C=O) groups is 2. The molecule has 0 spiro atoms. The molecule has 1 N–H and O–H groups in total. The SMILES string of the molecule is CC(C)(C)OC(=O)N1[C@@H](CC2CCCCC2)[C@H](CC(=O)O)OC1(C)C. The lowest BCUT2D eigenvalue weighted by molar-refractivity contribution is -0.141. The van der Waals surface area contributed by atoms with Gasteiger partial charge < -0.3 is 14.6 Å². The van der Waals surface area contributed by atoms with Crippen molar-refractivity contribution < 1.29 is 24.2 Å². The predicted molar refractivity (Wildman–Crippen MR) is 94.3 cm³/mol. The maximum atomic E-state index is 12.8. The largest absolute Gasteiger partial charge is 0.481 e. The molecular weight excluding hydrogens is 322 g/mol. The summed E-state index contributed by atoms with van der Waals surface area (Å²) >= 11 is 0. The van der Waals surface area contributed by atoms with Crippen LogP contribution in [0.5, 0.6) is 0 Å². The van der Waals surface area contributed by atoms with Crippen molar-refractivity contribution >= 4 is 12.1 Å². The van der Waals surface area contributed by atoms with Crippen molar-refractivity contribution in [1.82, 2.24) is 4.90 Å². The number of carboxylic acids is 1. The van der Waals surface area contributed by atoms with Gasteiger partial charge in [-0.15, -0.1) is 0 Å². The highest BCUT2D eigenvalue weighted by Crippen LogP contribution is 2.40. The van der Waals surface area contributed by atoms with Crippen LogP contribution in [0.2, 0.25) is 0 Å². The molecule has 25 heavy (non-hydrogen) atoms. The van der Waals surface area contributed by atoms with Crippen LogP contribution in [0.25, 0.3) is 0 Å². The molecule has 2 aliphatic rings. The zero-order chi connectivity index (χ0) is 18.8. The van der Waals surface area contributed by atoms with Crippen LogP contribution in [0.1, 0.15) is 79.6 Å². The molecular formula is C19H33NO5. The molecule has 1 saturated heterocycles. The lowest BCUT2D eigenvalue weighted by atomic mass is 9.83. The summed E-state index contributed by atoms with van der Waals surface area (Å²) in [5, 5.41) is 9.26. The van der Waals surface area contributed by atoms with Gasteiger partial charge in [0.1, 0.15) is 11.3 Å². The van der Waals surface area contributed by atoms with Crippen LogP contribution in [-0.4, -0.2) is 45.5 Å². The molecule has 144 valence electrons. The standard InChI is InChI=1S/C19H33NO5/c1-18(2,3)25-17(23)20-14(11-13-9-7-6-8-10-13)15(12-16(21)22)24-19(20,4)5/h13-15H,6-12H2,1-5H3,(H,21,22)/t14-,15-/m0/s1. The Bertz CT molecular complexity index is 491. The minimum absolute atomic E-state index is 0.0971. The predicted octanol–water partition coefficient (Wildman–Crippen LogP) is 4.17. The fourth-order valence-corrected chi connectivity index (χ4v) is 4.11. The molecule has 0 radical (unpaired) electrons. The first kappa shape index (κ1) is 20.0. The van der Waals surface area contributed by atoms with Crippen LogP contribution in [0, 0.1) is 5.92 Å². The monoisotopic (exact) mass is 355 g/mol. The lowest BCUT2D eigenvalue weighted by Gasteiger charge is -2.36. The van der Waals surface area contributed by atoms with E-state index in [1.807, 2.05) is 34.6 Å². The van der Waals surface area contributed by atoms with Crippen molar-refractivity contribution in [3.05, 3.63) is 0 Å². The number of amides is 1. The second-order valence-corrected chi connectivity index (χ2v) is 8.86. The van der Waals surface area contributed by atoms with Crippen molar-refractivity contribution in [3.8, 4) is 0 Å². The molecule has 1 saturated carbocycles. The Hall–Kier alpha value is -1.30. The number of carboxylic acid groups (broad SMARTS) is 1. The number of hydrogen-bond acceptors (Lipinski definition) is 4. The zero-order valence-electron chi connectivity index (χ0n) is 16.2. The van der Waals surface area contributed by atoms with Crippen LogP contribution < -0.4 is 0 Å². The van der Waals surface area contributed by atoms with Crippen molar-refractivity contribution in [2.75, 3.05) is 0 Å². The van der Waals surface area contributed by atoms with Crippen LogP contribution in [0.3, 0.4) is 0 Å². The van der Waals surface area contributed by atoms with Gasteiger partial charge >= 0.3 is 12.1 Å². The summed E-state index contributed by atoms with van der Waals surface area (Å²) in [6.07, 6.45) is 5.71. The zero-order valence-corrected chi connectivity index (χ0v) is 16.2. The molecule has 0 bridgehead atoms. The van der Waals surface area contributed by atoms with E-state index < -0.39 is 29.5 Å². The Morgan fingerprint density at radius 1 is 1.20 bits per heavy atom. The number of carbonyl (C=O) groups excluding carboxylic acids is 1. The van der Waals surface area contributed by atoms with E-state index >= 15 is 0 Å². The molecule has 2 atom stereocenters. The van der Waals surface area contributed by atoms with Gasteiger partial charge in [-0.2, -0.15) is 0 Å². The summed E-state index contributed by atoms with van der Waals surface area (Å²) in [6.45, 7) is 9.12.